The minimum absolute atomic E-state index is 0.364. The molecule has 2 aromatic rings. The molecule has 0 bridgehead atoms. The van der Waals surface area contributed by atoms with Crippen LogP contribution in [0.4, 0.5) is 4.39 Å². The van der Waals surface area contributed by atoms with Gasteiger partial charge in [0.15, 0.2) is 0 Å². The Bertz CT molecular complexity index is 573. The van der Waals surface area contributed by atoms with Crippen molar-refractivity contribution in [3.63, 3.8) is 0 Å². The molecule has 100 valence electrons. The fraction of sp³-hybridized carbons (Fsp3) is 0.154. The molecule has 0 aliphatic rings. The molecule has 0 spiro atoms. The number of pyridine rings is 1. The van der Waals surface area contributed by atoms with Crippen LogP contribution in [-0.2, 0) is 6.54 Å². The van der Waals surface area contributed by atoms with Crippen LogP contribution in [0.1, 0.15) is 5.56 Å². The molecule has 1 aromatic carbocycles. The summed E-state index contributed by atoms with van der Waals surface area (Å²) in [6.07, 6.45) is 1.64. The zero-order valence-corrected chi connectivity index (χ0v) is 13.3. The molecule has 1 aromatic heterocycles. The Kier molecular flexibility index (Phi) is 4.90. The fourth-order valence-corrected chi connectivity index (χ4v) is 2.40. The Morgan fingerprint density at radius 3 is 2.68 bits per heavy atom. The Balaban J connectivity index is 2.31. The SMILES string of the molecule is CNCc1cc(Br)cnc1Oc1cc(F)cc(Br)c1. The molecule has 0 atom stereocenters. The molecule has 0 fully saturated rings. The van der Waals surface area contributed by atoms with Crippen LogP contribution in [0.2, 0.25) is 0 Å². The van der Waals surface area contributed by atoms with Gasteiger partial charge in [-0.2, -0.15) is 0 Å². The van der Waals surface area contributed by atoms with Crippen molar-refractivity contribution in [3.8, 4) is 11.6 Å². The van der Waals surface area contributed by atoms with Crippen LogP contribution in [0, 0.1) is 5.82 Å². The Labute approximate surface area is 127 Å². The summed E-state index contributed by atoms with van der Waals surface area (Å²) in [4.78, 5) is 4.20. The minimum atomic E-state index is -0.364. The van der Waals surface area contributed by atoms with Gasteiger partial charge in [0, 0.05) is 33.3 Å². The molecule has 6 heteroatoms. The highest BCUT2D eigenvalue weighted by molar-refractivity contribution is 9.10. The second-order valence-electron chi connectivity index (χ2n) is 3.86. The van der Waals surface area contributed by atoms with Crippen LogP contribution in [0.3, 0.4) is 0 Å². The average molecular weight is 390 g/mol. The quantitative estimate of drug-likeness (QED) is 0.848. The van der Waals surface area contributed by atoms with Gasteiger partial charge in [0.2, 0.25) is 5.88 Å². The third-order valence-corrected chi connectivity index (χ3v) is 3.20. The van der Waals surface area contributed by atoms with E-state index in [0.29, 0.717) is 22.6 Å². The van der Waals surface area contributed by atoms with E-state index in [-0.39, 0.29) is 5.82 Å². The number of ether oxygens (including phenoxy) is 1. The van der Waals surface area contributed by atoms with Crippen LogP contribution in [-0.4, -0.2) is 12.0 Å². The molecule has 3 nitrogen and oxygen atoms in total. The van der Waals surface area contributed by atoms with Gasteiger partial charge in [-0.05, 0) is 41.2 Å². The van der Waals surface area contributed by atoms with Crippen molar-refractivity contribution in [1.82, 2.24) is 10.3 Å². The summed E-state index contributed by atoms with van der Waals surface area (Å²) in [5.41, 5.74) is 0.886. The van der Waals surface area contributed by atoms with E-state index in [1.807, 2.05) is 13.1 Å². The van der Waals surface area contributed by atoms with Gasteiger partial charge in [-0.3, -0.25) is 0 Å². The molecule has 0 saturated heterocycles. The van der Waals surface area contributed by atoms with Crippen molar-refractivity contribution in [1.29, 1.82) is 0 Å². The normalized spacial score (nSPS) is 10.5. The van der Waals surface area contributed by atoms with Gasteiger partial charge in [-0.1, -0.05) is 15.9 Å². The van der Waals surface area contributed by atoms with E-state index >= 15 is 0 Å². The lowest BCUT2D eigenvalue weighted by molar-refractivity contribution is 0.449. The van der Waals surface area contributed by atoms with E-state index in [9.17, 15) is 4.39 Å². The Morgan fingerprint density at radius 2 is 2.00 bits per heavy atom. The van der Waals surface area contributed by atoms with Crippen LogP contribution in [0.25, 0.3) is 0 Å². The zero-order valence-electron chi connectivity index (χ0n) is 10.1. The number of halogens is 3. The van der Waals surface area contributed by atoms with Gasteiger partial charge < -0.3 is 10.1 Å². The molecule has 19 heavy (non-hydrogen) atoms. The van der Waals surface area contributed by atoms with Crippen molar-refractivity contribution in [2.24, 2.45) is 0 Å². The van der Waals surface area contributed by atoms with E-state index in [4.69, 9.17) is 4.74 Å². The summed E-state index contributed by atoms with van der Waals surface area (Å²) in [6, 6.07) is 6.29. The predicted molar refractivity (Wildman–Crippen MR) is 78.9 cm³/mol. The summed E-state index contributed by atoms with van der Waals surface area (Å²) < 4.78 is 20.4. The van der Waals surface area contributed by atoms with E-state index < -0.39 is 0 Å². The summed E-state index contributed by atoms with van der Waals surface area (Å²) in [5.74, 6) is 0.491. The van der Waals surface area contributed by atoms with Gasteiger partial charge in [0.05, 0.1) is 0 Å². The second-order valence-corrected chi connectivity index (χ2v) is 5.69. The number of rotatable bonds is 4. The smallest absolute Gasteiger partial charge is 0.223 e. The maximum Gasteiger partial charge on any atom is 0.223 e. The first-order valence-electron chi connectivity index (χ1n) is 5.51. The van der Waals surface area contributed by atoms with Crippen molar-refractivity contribution >= 4 is 31.9 Å². The number of hydrogen-bond donors (Lipinski definition) is 1. The van der Waals surface area contributed by atoms with Gasteiger partial charge in [-0.15, -0.1) is 0 Å². The number of nitrogens with zero attached hydrogens (tertiary/aromatic N) is 1. The van der Waals surface area contributed by atoms with E-state index in [1.54, 1.807) is 12.3 Å². The molecule has 0 radical (unpaired) electrons. The van der Waals surface area contributed by atoms with Crippen molar-refractivity contribution in [2.45, 2.75) is 6.54 Å². The average Bonchev–Trinajstić information content (AvgIpc) is 2.32. The van der Waals surface area contributed by atoms with Gasteiger partial charge in [0.25, 0.3) is 0 Å². The molecule has 1 heterocycles. The maximum atomic E-state index is 13.3. The monoisotopic (exact) mass is 388 g/mol. The Hall–Kier alpha value is -0.980. The summed E-state index contributed by atoms with van der Waals surface area (Å²) in [7, 11) is 1.84. The van der Waals surface area contributed by atoms with Crippen LogP contribution in [0.15, 0.2) is 39.4 Å². The highest BCUT2D eigenvalue weighted by Crippen LogP contribution is 2.28. The molecule has 0 amide bonds. The molecule has 0 aliphatic heterocycles. The highest BCUT2D eigenvalue weighted by atomic mass is 79.9. The topological polar surface area (TPSA) is 34.2 Å². The standard InChI is InChI=1S/C13H11Br2FN2O/c1-17-6-8-2-10(15)7-18-13(8)19-12-4-9(14)3-11(16)5-12/h2-5,7,17H,6H2,1H3. The molecule has 1 N–H and O–H groups in total. The van der Waals surface area contributed by atoms with E-state index in [2.05, 4.69) is 42.2 Å². The second kappa shape index (κ2) is 6.45. The number of aromatic nitrogens is 1. The highest BCUT2D eigenvalue weighted by Gasteiger charge is 2.08. The molecular weight excluding hydrogens is 379 g/mol. The molecular formula is C13H11Br2FN2O. The molecule has 0 aliphatic carbocycles. The largest absolute Gasteiger partial charge is 0.439 e. The number of benzene rings is 1. The zero-order chi connectivity index (χ0) is 13.8. The number of nitrogens with one attached hydrogen (secondary N) is 1. The third-order valence-electron chi connectivity index (χ3n) is 2.31. The lowest BCUT2D eigenvalue weighted by atomic mass is 10.2. The first-order valence-corrected chi connectivity index (χ1v) is 7.10. The van der Waals surface area contributed by atoms with Crippen molar-refractivity contribution < 1.29 is 9.13 Å². The number of hydrogen-bond acceptors (Lipinski definition) is 3. The lowest BCUT2D eigenvalue weighted by Gasteiger charge is -2.10. The minimum Gasteiger partial charge on any atom is -0.439 e. The third kappa shape index (κ3) is 3.99. The maximum absolute atomic E-state index is 13.3. The Morgan fingerprint density at radius 1 is 1.21 bits per heavy atom. The first-order chi connectivity index (χ1) is 9.08. The van der Waals surface area contributed by atoms with Crippen LogP contribution >= 0.6 is 31.9 Å². The molecule has 2 rings (SSSR count). The molecule has 0 unspecified atom stereocenters. The van der Waals surface area contributed by atoms with E-state index in [0.717, 1.165) is 10.0 Å². The summed E-state index contributed by atoms with van der Waals surface area (Å²) in [5, 5.41) is 3.04. The van der Waals surface area contributed by atoms with Gasteiger partial charge >= 0.3 is 0 Å². The predicted octanol–water partition coefficient (Wildman–Crippen LogP) is 4.26. The van der Waals surface area contributed by atoms with Gasteiger partial charge in [-0.25, -0.2) is 9.37 Å². The van der Waals surface area contributed by atoms with Crippen LogP contribution in [0.5, 0.6) is 11.6 Å². The van der Waals surface area contributed by atoms with Crippen molar-refractivity contribution in [3.05, 3.63) is 50.8 Å². The van der Waals surface area contributed by atoms with Crippen molar-refractivity contribution in [2.75, 3.05) is 7.05 Å². The van der Waals surface area contributed by atoms with Crippen LogP contribution < -0.4 is 10.1 Å². The first kappa shape index (κ1) is 14.4. The molecule has 0 saturated carbocycles. The fourth-order valence-electron chi connectivity index (χ4n) is 1.58. The van der Waals surface area contributed by atoms with E-state index in [1.165, 1.54) is 12.1 Å². The summed E-state index contributed by atoms with van der Waals surface area (Å²) in [6.45, 7) is 0.609. The van der Waals surface area contributed by atoms with Gasteiger partial charge in [0.1, 0.15) is 11.6 Å². The lowest BCUT2D eigenvalue weighted by Crippen LogP contribution is -2.07. The summed E-state index contributed by atoms with van der Waals surface area (Å²) >= 11 is 6.59.